The molecule has 0 unspecified atom stereocenters. The van der Waals surface area contributed by atoms with E-state index in [-0.39, 0.29) is 24.3 Å². The molecular weight excluding hydrogens is 297 g/mol. The van der Waals surface area contributed by atoms with E-state index in [9.17, 15) is 14.0 Å². The van der Waals surface area contributed by atoms with E-state index in [1.807, 2.05) is 11.8 Å². The minimum atomic E-state index is -0.566. The van der Waals surface area contributed by atoms with E-state index < -0.39 is 12.1 Å². The average molecular weight is 321 g/mol. The lowest BCUT2D eigenvalue weighted by molar-refractivity contribution is -0.136. The van der Waals surface area contributed by atoms with Crippen molar-refractivity contribution in [3.05, 3.63) is 35.6 Å². The molecule has 2 atom stereocenters. The molecule has 23 heavy (non-hydrogen) atoms. The number of amides is 3. The number of rotatable bonds is 4. The first-order chi connectivity index (χ1) is 11.0. The van der Waals surface area contributed by atoms with Gasteiger partial charge in [-0.2, -0.15) is 0 Å². The van der Waals surface area contributed by atoms with Gasteiger partial charge in [0.1, 0.15) is 11.9 Å². The summed E-state index contributed by atoms with van der Waals surface area (Å²) in [7, 11) is 0. The van der Waals surface area contributed by atoms with Crippen LogP contribution in [0.15, 0.2) is 24.3 Å². The van der Waals surface area contributed by atoms with Crippen molar-refractivity contribution in [1.29, 1.82) is 0 Å². The zero-order chi connectivity index (χ0) is 16.8. The molecule has 0 bridgehead atoms. The van der Waals surface area contributed by atoms with Crippen LogP contribution in [0.25, 0.3) is 0 Å². The molecule has 1 aromatic rings. The highest BCUT2D eigenvalue weighted by molar-refractivity contribution is 5.86. The number of hydrogen-bond donors (Lipinski definition) is 2. The van der Waals surface area contributed by atoms with E-state index in [1.165, 1.54) is 12.1 Å². The van der Waals surface area contributed by atoms with Gasteiger partial charge in [-0.3, -0.25) is 4.79 Å². The summed E-state index contributed by atoms with van der Waals surface area (Å²) >= 11 is 0. The van der Waals surface area contributed by atoms with Crippen LogP contribution in [0, 0.1) is 5.82 Å². The standard InChI is InChI=1S/C17H24FN3O2/c1-12-5-3-4-10-21(12)16(22)13(2)20-17(23)19-11-14-6-8-15(18)9-7-14/h6-9,12-13H,3-5,10-11H2,1-2H3,(H2,19,20,23)/t12-,13-/m1/s1. The Morgan fingerprint density at radius 2 is 2.00 bits per heavy atom. The van der Waals surface area contributed by atoms with E-state index in [1.54, 1.807) is 19.1 Å². The molecule has 0 spiro atoms. The second kappa shape index (κ2) is 7.94. The predicted molar refractivity (Wildman–Crippen MR) is 86.3 cm³/mol. The summed E-state index contributed by atoms with van der Waals surface area (Å²) in [5, 5.41) is 5.34. The molecule has 1 aromatic carbocycles. The summed E-state index contributed by atoms with van der Waals surface area (Å²) in [5.74, 6) is -0.359. The molecule has 0 aromatic heterocycles. The number of urea groups is 1. The third-order valence-corrected chi connectivity index (χ3v) is 4.17. The fraction of sp³-hybridized carbons (Fsp3) is 0.529. The van der Waals surface area contributed by atoms with E-state index in [0.717, 1.165) is 31.4 Å². The molecule has 1 heterocycles. The Morgan fingerprint density at radius 1 is 1.30 bits per heavy atom. The Morgan fingerprint density at radius 3 is 2.65 bits per heavy atom. The van der Waals surface area contributed by atoms with Crippen LogP contribution < -0.4 is 10.6 Å². The third kappa shape index (κ3) is 4.94. The summed E-state index contributed by atoms with van der Waals surface area (Å²) in [4.78, 5) is 26.1. The molecule has 1 fully saturated rings. The quantitative estimate of drug-likeness (QED) is 0.894. The molecule has 0 radical (unpaired) electrons. The van der Waals surface area contributed by atoms with Crippen LogP contribution in [0.1, 0.15) is 38.7 Å². The minimum Gasteiger partial charge on any atom is -0.338 e. The van der Waals surface area contributed by atoms with Crippen molar-refractivity contribution < 1.29 is 14.0 Å². The number of nitrogens with one attached hydrogen (secondary N) is 2. The van der Waals surface area contributed by atoms with Crippen molar-refractivity contribution >= 4 is 11.9 Å². The van der Waals surface area contributed by atoms with Gasteiger partial charge in [0, 0.05) is 19.1 Å². The van der Waals surface area contributed by atoms with Crippen molar-refractivity contribution in [1.82, 2.24) is 15.5 Å². The Hall–Kier alpha value is -2.11. The highest BCUT2D eigenvalue weighted by atomic mass is 19.1. The number of halogens is 1. The fourth-order valence-corrected chi connectivity index (χ4v) is 2.77. The molecule has 1 saturated heterocycles. The monoisotopic (exact) mass is 321 g/mol. The van der Waals surface area contributed by atoms with E-state index in [2.05, 4.69) is 10.6 Å². The Labute approximate surface area is 136 Å². The minimum absolute atomic E-state index is 0.0471. The largest absolute Gasteiger partial charge is 0.338 e. The van der Waals surface area contributed by atoms with Crippen molar-refractivity contribution in [2.75, 3.05) is 6.54 Å². The Balaban J connectivity index is 1.79. The number of likely N-dealkylation sites (tertiary alicyclic amines) is 1. The molecular formula is C17H24FN3O2. The van der Waals surface area contributed by atoms with E-state index >= 15 is 0 Å². The number of hydrogen-bond acceptors (Lipinski definition) is 2. The van der Waals surface area contributed by atoms with Gasteiger partial charge >= 0.3 is 6.03 Å². The number of nitrogens with zero attached hydrogens (tertiary/aromatic N) is 1. The molecule has 1 aliphatic rings. The maximum atomic E-state index is 12.8. The number of piperidine rings is 1. The molecule has 126 valence electrons. The second-order valence-electron chi connectivity index (χ2n) is 6.05. The second-order valence-corrected chi connectivity index (χ2v) is 6.05. The summed E-state index contributed by atoms with van der Waals surface area (Å²) in [6, 6.07) is 5.17. The van der Waals surface area contributed by atoms with Gasteiger partial charge in [0.25, 0.3) is 0 Å². The van der Waals surface area contributed by atoms with Crippen LogP contribution in [0.3, 0.4) is 0 Å². The SMILES string of the molecule is C[C@@H]1CCCCN1C(=O)[C@@H](C)NC(=O)NCc1ccc(F)cc1. The molecule has 5 nitrogen and oxygen atoms in total. The molecule has 0 aliphatic carbocycles. The molecule has 2 N–H and O–H groups in total. The van der Waals surface area contributed by atoms with Crippen LogP contribution in [0.2, 0.25) is 0 Å². The average Bonchev–Trinajstić information content (AvgIpc) is 2.54. The highest BCUT2D eigenvalue weighted by Crippen LogP contribution is 2.17. The highest BCUT2D eigenvalue weighted by Gasteiger charge is 2.27. The Bertz CT molecular complexity index is 547. The van der Waals surface area contributed by atoms with Crippen LogP contribution in [0.4, 0.5) is 9.18 Å². The number of benzene rings is 1. The van der Waals surface area contributed by atoms with Gasteiger partial charge < -0.3 is 15.5 Å². The predicted octanol–water partition coefficient (Wildman–Crippen LogP) is 2.41. The van der Waals surface area contributed by atoms with E-state index in [0.29, 0.717) is 0 Å². The molecule has 1 aliphatic heterocycles. The van der Waals surface area contributed by atoms with Crippen molar-refractivity contribution in [3.8, 4) is 0 Å². The Kier molecular flexibility index (Phi) is 5.96. The molecule has 6 heteroatoms. The van der Waals surface area contributed by atoms with Crippen molar-refractivity contribution in [3.63, 3.8) is 0 Å². The van der Waals surface area contributed by atoms with Crippen LogP contribution >= 0.6 is 0 Å². The first-order valence-corrected chi connectivity index (χ1v) is 8.06. The van der Waals surface area contributed by atoms with Gasteiger partial charge in [-0.1, -0.05) is 12.1 Å². The molecule has 3 amide bonds. The molecule has 2 rings (SSSR count). The molecule has 0 saturated carbocycles. The normalized spacial score (nSPS) is 19.1. The van der Waals surface area contributed by atoms with Crippen LogP contribution in [-0.4, -0.2) is 35.5 Å². The van der Waals surface area contributed by atoms with Crippen LogP contribution in [0.5, 0.6) is 0 Å². The summed E-state index contributed by atoms with van der Waals surface area (Å²) in [6.07, 6.45) is 3.17. The third-order valence-electron chi connectivity index (χ3n) is 4.17. The zero-order valence-electron chi connectivity index (χ0n) is 13.6. The maximum absolute atomic E-state index is 12.8. The summed E-state index contributed by atoms with van der Waals surface area (Å²) in [5.41, 5.74) is 0.796. The van der Waals surface area contributed by atoms with Crippen molar-refractivity contribution in [2.24, 2.45) is 0 Å². The first kappa shape index (κ1) is 17.2. The number of carbonyl (C=O) groups excluding carboxylic acids is 2. The number of carbonyl (C=O) groups is 2. The summed E-state index contributed by atoms with van der Waals surface area (Å²) in [6.45, 7) is 4.77. The van der Waals surface area contributed by atoms with Crippen molar-refractivity contribution in [2.45, 2.75) is 51.7 Å². The summed E-state index contributed by atoms with van der Waals surface area (Å²) < 4.78 is 12.8. The van der Waals surface area contributed by atoms with E-state index in [4.69, 9.17) is 0 Å². The van der Waals surface area contributed by atoms with Gasteiger partial charge in [-0.15, -0.1) is 0 Å². The zero-order valence-corrected chi connectivity index (χ0v) is 13.6. The maximum Gasteiger partial charge on any atom is 0.315 e. The smallest absolute Gasteiger partial charge is 0.315 e. The fourth-order valence-electron chi connectivity index (χ4n) is 2.77. The van der Waals surface area contributed by atoms with Gasteiger partial charge in [0.15, 0.2) is 0 Å². The van der Waals surface area contributed by atoms with Crippen LogP contribution in [-0.2, 0) is 11.3 Å². The van der Waals surface area contributed by atoms with Gasteiger partial charge in [-0.25, -0.2) is 9.18 Å². The first-order valence-electron chi connectivity index (χ1n) is 8.06. The lowest BCUT2D eigenvalue weighted by Gasteiger charge is -2.35. The van der Waals surface area contributed by atoms with Gasteiger partial charge in [0.05, 0.1) is 0 Å². The lowest BCUT2D eigenvalue weighted by atomic mass is 10.0. The van der Waals surface area contributed by atoms with Gasteiger partial charge in [0.2, 0.25) is 5.91 Å². The van der Waals surface area contributed by atoms with Gasteiger partial charge in [-0.05, 0) is 50.8 Å². The lowest BCUT2D eigenvalue weighted by Crippen LogP contribution is -2.53. The topological polar surface area (TPSA) is 61.4 Å².